The second-order valence-electron chi connectivity index (χ2n) is 4.89. The maximum absolute atomic E-state index is 13.8. The topological polar surface area (TPSA) is 88.9 Å². The Bertz CT molecular complexity index is 891. The fourth-order valence-corrected chi connectivity index (χ4v) is 2.48. The van der Waals surface area contributed by atoms with Gasteiger partial charge in [-0.05, 0) is 35.8 Å². The van der Waals surface area contributed by atoms with Gasteiger partial charge in [-0.2, -0.15) is 5.10 Å². The number of nitrogens with zero attached hydrogens (tertiary/aromatic N) is 3. The quantitative estimate of drug-likeness (QED) is 0.760. The van der Waals surface area contributed by atoms with Crippen LogP contribution in [-0.4, -0.2) is 26.0 Å². The predicted octanol–water partition coefficient (Wildman–Crippen LogP) is 2.52. The summed E-state index contributed by atoms with van der Waals surface area (Å²) in [5.41, 5.74) is 0.250. The number of rotatable bonds is 4. The number of carbonyl (C=O) groups is 2. The molecule has 3 rings (SSSR count). The van der Waals surface area contributed by atoms with Crippen molar-refractivity contribution in [1.82, 2.24) is 14.2 Å². The summed E-state index contributed by atoms with van der Waals surface area (Å²) >= 11 is 1.02. The lowest BCUT2D eigenvalue weighted by Gasteiger charge is -2.07. The van der Waals surface area contributed by atoms with Crippen LogP contribution in [0.1, 0.15) is 20.0 Å². The van der Waals surface area contributed by atoms with Gasteiger partial charge in [0.15, 0.2) is 5.82 Å². The highest BCUT2D eigenvalue weighted by molar-refractivity contribution is 7.08. The number of benzene rings is 1. The molecule has 2 amide bonds. The van der Waals surface area contributed by atoms with Crippen molar-refractivity contribution >= 4 is 34.9 Å². The summed E-state index contributed by atoms with van der Waals surface area (Å²) in [6.45, 7) is 0. The summed E-state index contributed by atoms with van der Waals surface area (Å²) in [6.07, 6.45) is 3.17. The fourth-order valence-electron chi connectivity index (χ4n) is 1.99. The van der Waals surface area contributed by atoms with Gasteiger partial charge < -0.3 is 10.6 Å². The summed E-state index contributed by atoms with van der Waals surface area (Å²) in [6, 6.07) is 6.77. The molecule has 0 saturated carbocycles. The molecule has 9 heteroatoms. The minimum Gasteiger partial charge on any atom is -0.321 e. The van der Waals surface area contributed by atoms with Gasteiger partial charge in [0, 0.05) is 36.8 Å². The second kappa shape index (κ2) is 6.59. The second-order valence-corrected chi connectivity index (χ2v) is 5.72. The first-order chi connectivity index (χ1) is 11.5. The Kier molecular flexibility index (Phi) is 4.34. The molecule has 24 heavy (non-hydrogen) atoms. The Labute approximate surface area is 140 Å². The summed E-state index contributed by atoms with van der Waals surface area (Å²) in [5, 5.41) is 9.12. The van der Waals surface area contributed by atoms with Gasteiger partial charge in [-0.3, -0.25) is 14.3 Å². The molecule has 0 spiro atoms. The number of hydrogen-bond acceptors (Lipinski definition) is 5. The zero-order valence-corrected chi connectivity index (χ0v) is 13.3. The average Bonchev–Trinajstić information content (AvgIpc) is 3.18. The number of aryl methyl sites for hydroxylation is 1. The monoisotopic (exact) mass is 345 g/mol. The van der Waals surface area contributed by atoms with E-state index in [2.05, 4.69) is 20.1 Å². The Morgan fingerprint density at radius 3 is 2.67 bits per heavy atom. The molecule has 0 aliphatic carbocycles. The molecule has 0 unspecified atom stereocenters. The van der Waals surface area contributed by atoms with Crippen LogP contribution >= 0.6 is 11.5 Å². The zero-order chi connectivity index (χ0) is 17.1. The van der Waals surface area contributed by atoms with Crippen molar-refractivity contribution < 1.29 is 14.0 Å². The molecule has 7 nitrogen and oxygen atoms in total. The zero-order valence-electron chi connectivity index (χ0n) is 12.5. The van der Waals surface area contributed by atoms with Gasteiger partial charge in [0.1, 0.15) is 10.7 Å². The predicted molar refractivity (Wildman–Crippen MR) is 87.6 cm³/mol. The average molecular weight is 345 g/mol. The first-order valence-corrected chi connectivity index (χ1v) is 7.62. The molecule has 0 aliphatic heterocycles. The summed E-state index contributed by atoms with van der Waals surface area (Å²) in [7, 11) is 1.71. The van der Waals surface area contributed by atoms with E-state index in [9.17, 15) is 14.0 Å². The van der Waals surface area contributed by atoms with Crippen LogP contribution in [0.2, 0.25) is 0 Å². The van der Waals surface area contributed by atoms with E-state index in [-0.39, 0.29) is 11.3 Å². The molecule has 1 aromatic carbocycles. The van der Waals surface area contributed by atoms with Crippen molar-refractivity contribution in [2.75, 3.05) is 10.6 Å². The van der Waals surface area contributed by atoms with Crippen LogP contribution in [0.25, 0.3) is 0 Å². The third-order valence-corrected chi connectivity index (χ3v) is 3.78. The molecule has 2 heterocycles. The third kappa shape index (κ3) is 3.63. The SMILES string of the molecule is Cn1ccc(NC(=O)c2cc(F)cc(NC(=O)c3ccns3)c2)n1. The van der Waals surface area contributed by atoms with Crippen LogP contribution in [0.3, 0.4) is 0 Å². The number of carbonyl (C=O) groups excluding carboxylic acids is 2. The van der Waals surface area contributed by atoms with Gasteiger partial charge in [-0.1, -0.05) is 0 Å². The van der Waals surface area contributed by atoms with Crippen molar-refractivity contribution in [2.24, 2.45) is 7.05 Å². The van der Waals surface area contributed by atoms with Gasteiger partial charge in [0.05, 0.1) is 0 Å². The minimum absolute atomic E-state index is 0.0697. The van der Waals surface area contributed by atoms with Crippen LogP contribution in [-0.2, 0) is 7.05 Å². The van der Waals surface area contributed by atoms with Crippen LogP contribution in [0.15, 0.2) is 42.7 Å². The van der Waals surface area contributed by atoms with E-state index in [4.69, 9.17) is 0 Å². The van der Waals surface area contributed by atoms with Gasteiger partial charge in [-0.15, -0.1) is 0 Å². The Morgan fingerprint density at radius 2 is 2.00 bits per heavy atom. The number of hydrogen-bond donors (Lipinski definition) is 2. The molecular formula is C15H12FN5O2S. The van der Waals surface area contributed by atoms with E-state index >= 15 is 0 Å². The van der Waals surface area contributed by atoms with Crippen molar-refractivity contribution in [3.05, 3.63) is 59.0 Å². The standard InChI is InChI=1S/C15H12FN5O2S/c1-21-5-3-13(20-21)19-14(22)9-6-10(16)8-11(7-9)18-15(23)12-2-4-17-24-12/h2-8H,1H3,(H,18,23)(H,19,20,22). The molecule has 0 saturated heterocycles. The molecule has 2 aromatic heterocycles. The maximum Gasteiger partial charge on any atom is 0.267 e. The van der Waals surface area contributed by atoms with Crippen molar-refractivity contribution in [1.29, 1.82) is 0 Å². The van der Waals surface area contributed by atoms with E-state index in [0.717, 1.165) is 23.7 Å². The highest BCUT2D eigenvalue weighted by Gasteiger charge is 2.13. The van der Waals surface area contributed by atoms with Gasteiger partial charge in [0.2, 0.25) is 0 Å². The lowest BCUT2D eigenvalue weighted by atomic mass is 10.1. The van der Waals surface area contributed by atoms with E-state index in [1.54, 1.807) is 25.4 Å². The number of amides is 2. The number of aromatic nitrogens is 3. The molecule has 2 N–H and O–H groups in total. The third-order valence-electron chi connectivity index (χ3n) is 3.03. The fraction of sp³-hybridized carbons (Fsp3) is 0.0667. The molecule has 0 fully saturated rings. The molecule has 0 radical (unpaired) electrons. The van der Waals surface area contributed by atoms with E-state index in [1.165, 1.54) is 16.9 Å². The summed E-state index contributed by atoms with van der Waals surface area (Å²) < 4.78 is 19.1. The normalized spacial score (nSPS) is 10.4. The first-order valence-electron chi connectivity index (χ1n) is 6.85. The van der Waals surface area contributed by atoms with Gasteiger partial charge in [0.25, 0.3) is 11.8 Å². The number of nitrogens with one attached hydrogen (secondary N) is 2. The van der Waals surface area contributed by atoms with Crippen molar-refractivity contribution in [3.8, 4) is 0 Å². The highest BCUT2D eigenvalue weighted by atomic mass is 32.1. The molecular weight excluding hydrogens is 333 g/mol. The molecule has 122 valence electrons. The van der Waals surface area contributed by atoms with Crippen molar-refractivity contribution in [2.45, 2.75) is 0 Å². The van der Waals surface area contributed by atoms with Gasteiger partial charge in [-0.25, -0.2) is 8.76 Å². The van der Waals surface area contributed by atoms with Crippen LogP contribution in [0, 0.1) is 5.82 Å². The van der Waals surface area contributed by atoms with Crippen LogP contribution < -0.4 is 10.6 Å². The number of halogens is 1. The molecule has 3 aromatic rings. The summed E-state index contributed by atoms with van der Waals surface area (Å²) in [4.78, 5) is 24.6. The smallest absolute Gasteiger partial charge is 0.267 e. The minimum atomic E-state index is -0.636. The molecule has 0 bridgehead atoms. The molecule has 0 aliphatic rings. The lowest BCUT2D eigenvalue weighted by Crippen LogP contribution is -2.15. The summed E-state index contributed by atoms with van der Waals surface area (Å²) in [5.74, 6) is -1.23. The van der Waals surface area contributed by atoms with E-state index in [1.807, 2.05) is 0 Å². The lowest BCUT2D eigenvalue weighted by molar-refractivity contribution is 0.101. The van der Waals surface area contributed by atoms with Crippen LogP contribution in [0.4, 0.5) is 15.9 Å². The van der Waals surface area contributed by atoms with E-state index < -0.39 is 17.6 Å². The van der Waals surface area contributed by atoms with Crippen LogP contribution in [0.5, 0.6) is 0 Å². The van der Waals surface area contributed by atoms with Gasteiger partial charge >= 0.3 is 0 Å². The first kappa shape index (κ1) is 15.8. The van der Waals surface area contributed by atoms with E-state index in [0.29, 0.717) is 10.7 Å². The Morgan fingerprint density at radius 1 is 1.17 bits per heavy atom. The maximum atomic E-state index is 13.8. The number of anilines is 2. The van der Waals surface area contributed by atoms with Crippen molar-refractivity contribution in [3.63, 3.8) is 0 Å². The highest BCUT2D eigenvalue weighted by Crippen LogP contribution is 2.17. The largest absolute Gasteiger partial charge is 0.321 e. The Hall–Kier alpha value is -3.07. The molecule has 0 atom stereocenters. The Balaban J connectivity index is 1.78.